The maximum Gasteiger partial charge on any atom is 0.191 e. The average molecular weight is 386 g/mol. The number of aryl methyl sites for hydroxylation is 2. The number of aliphatic imine (C=N–C) groups is 1. The highest BCUT2D eigenvalue weighted by molar-refractivity contribution is 5.80. The Hall–Kier alpha value is -2.34. The van der Waals surface area contributed by atoms with E-state index in [1.54, 1.807) is 7.05 Å². The minimum absolute atomic E-state index is 0.246. The predicted molar refractivity (Wildman–Crippen MR) is 116 cm³/mol. The zero-order chi connectivity index (χ0) is 20.5. The number of benzene rings is 1. The Labute approximate surface area is 169 Å². The van der Waals surface area contributed by atoms with Crippen molar-refractivity contribution >= 4 is 5.96 Å². The molecular weight excluding hydrogens is 350 g/mol. The van der Waals surface area contributed by atoms with Crippen LogP contribution in [0, 0.1) is 13.8 Å². The van der Waals surface area contributed by atoms with Crippen LogP contribution in [0.4, 0.5) is 0 Å². The molecule has 154 valence electrons. The molecule has 1 atom stereocenters. The molecule has 0 aliphatic carbocycles. The van der Waals surface area contributed by atoms with E-state index in [4.69, 9.17) is 4.74 Å². The van der Waals surface area contributed by atoms with Crippen LogP contribution < -0.4 is 10.6 Å². The van der Waals surface area contributed by atoms with E-state index < -0.39 is 0 Å². The molecule has 2 N–H and O–H groups in total. The lowest BCUT2D eigenvalue weighted by Crippen LogP contribution is -2.42. The second kappa shape index (κ2) is 10.9. The third-order valence-corrected chi connectivity index (χ3v) is 4.95. The minimum Gasteiger partial charge on any atom is -0.377 e. The Morgan fingerprint density at radius 1 is 1.25 bits per heavy atom. The molecule has 0 saturated heterocycles. The van der Waals surface area contributed by atoms with Gasteiger partial charge in [-0.15, -0.1) is 0 Å². The van der Waals surface area contributed by atoms with Gasteiger partial charge in [-0.1, -0.05) is 31.2 Å². The first kappa shape index (κ1) is 22.0. The molecule has 1 aromatic carbocycles. The molecule has 1 unspecified atom stereocenters. The quantitative estimate of drug-likeness (QED) is 0.395. The standard InChI is InChI=1S/C22H35N5O/c1-7-12-28-15-20-11-9-8-10-19(20)14-24-22(23-5)25-16(2)13-21-17(3)26-27(6)18(21)4/h8-11,16H,7,12-15H2,1-6H3,(H2,23,24,25). The van der Waals surface area contributed by atoms with Crippen molar-refractivity contribution in [3.05, 3.63) is 52.3 Å². The van der Waals surface area contributed by atoms with E-state index in [1.165, 1.54) is 22.4 Å². The molecule has 0 spiro atoms. The van der Waals surface area contributed by atoms with Crippen LogP contribution in [0.1, 0.15) is 48.3 Å². The molecule has 1 heterocycles. The van der Waals surface area contributed by atoms with Crippen LogP contribution in [0.3, 0.4) is 0 Å². The van der Waals surface area contributed by atoms with Crippen molar-refractivity contribution < 1.29 is 4.74 Å². The first-order valence-corrected chi connectivity index (χ1v) is 10.1. The lowest BCUT2D eigenvalue weighted by Gasteiger charge is -2.19. The summed E-state index contributed by atoms with van der Waals surface area (Å²) in [7, 11) is 3.80. The van der Waals surface area contributed by atoms with Crippen LogP contribution in [0.5, 0.6) is 0 Å². The summed E-state index contributed by atoms with van der Waals surface area (Å²) < 4.78 is 7.66. The monoisotopic (exact) mass is 385 g/mol. The molecule has 6 heteroatoms. The van der Waals surface area contributed by atoms with Crippen molar-refractivity contribution in [2.24, 2.45) is 12.0 Å². The lowest BCUT2D eigenvalue weighted by molar-refractivity contribution is 0.121. The Balaban J connectivity index is 1.92. The summed E-state index contributed by atoms with van der Waals surface area (Å²) in [5.41, 5.74) is 6.06. The van der Waals surface area contributed by atoms with Gasteiger partial charge in [-0.2, -0.15) is 5.10 Å². The highest BCUT2D eigenvalue weighted by Crippen LogP contribution is 2.14. The van der Waals surface area contributed by atoms with Crippen molar-refractivity contribution in [3.63, 3.8) is 0 Å². The third-order valence-electron chi connectivity index (χ3n) is 4.95. The fourth-order valence-electron chi connectivity index (χ4n) is 3.27. The number of hydrogen-bond acceptors (Lipinski definition) is 3. The van der Waals surface area contributed by atoms with Crippen molar-refractivity contribution in [1.82, 2.24) is 20.4 Å². The Morgan fingerprint density at radius 2 is 1.96 bits per heavy atom. The molecule has 0 aliphatic heterocycles. The smallest absolute Gasteiger partial charge is 0.191 e. The fourth-order valence-corrected chi connectivity index (χ4v) is 3.27. The summed E-state index contributed by atoms with van der Waals surface area (Å²) in [6, 6.07) is 8.63. The molecule has 28 heavy (non-hydrogen) atoms. The zero-order valence-electron chi connectivity index (χ0n) is 18.2. The number of ether oxygens (including phenoxy) is 1. The summed E-state index contributed by atoms with van der Waals surface area (Å²) in [4.78, 5) is 4.38. The van der Waals surface area contributed by atoms with Gasteiger partial charge in [-0.3, -0.25) is 9.67 Å². The number of guanidine groups is 1. The first-order chi connectivity index (χ1) is 13.5. The normalized spacial score (nSPS) is 12.9. The molecule has 0 bridgehead atoms. The fraction of sp³-hybridized carbons (Fsp3) is 0.545. The van der Waals surface area contributed by atoms with E-state index in [0.717, 1.165) is 31.1 Å². The van der Waals surface area contributed by atoms with Gasteiger partial charge in [0.1, 0.15) is 0 Å². The summed E-state index contributed by atoms with van der Waals surface area (Å²) in [5, 5.41) is 11.4. The second-order valence-electron chi connectivity index (χ2n) is 7.27. The first-order valence-electron chi connectivity index (χ1n) is 10.1. The predicted octanol–water partition coefficient (Wildman–Crippen LogP) is 3.26. The molecule has 0 aliphatic rings. The largest absolute Gasteiger partial charge is 0.377 e. The molecular formula is C22H35N5O. The zero-order valence-corrected chi connectivity index (χ0v) is 18.2. The number of hydrogen-bond donors (Lipinski definition) is 2. The molecule has 2 aromatic rings. The van der Waals surface area contributed by atoms with E-state index in [2.05, 4.69) is 72.7 Å². The van der Waals surface area contributed by atoms with Crippen LogP contribution in [0.15, 0.2) is 29.3 Å². The van der Waals surface area contributed by atoms with Crippen molar-refractivity contribution in [1.29, 1.82) is 0 Å². The van der Waals surface area contributed by atoms with Crippen molar-refractivity contribution in [2.45, 2.75) is 59.7 Å². The van der Waals surface area contributed by atoms with Gasteiger partial charge in [0, 0.05) is 39.0 Å². The molecule has 0 amide bonds. The van der Waals surface area contributed by atoms with Crippen LogP contribution in [-0.4, -0.2) is 35.4 Å². The minimum atomic E-state index is 0.246. The topological polar surface area (TPSA) is 63.5 Å². The van der Waals surface area contributed by atoms with Gasteiger partial charge in [0.25, 0.3) is 0 Å². The van der Waals surface area contributed by atoms with Crippen LogP contribution in [-0.2, 0) is 31.4 Å². The van der Waals surface area contributed by atoms with Crippen molar-refractivity contribution in [3.8, 4) is 0 Å². The molecule has 2 rings (SSSR count). The van der Waals surface area contributed by atoms with Gasteiger partial charge in [-0.25, -0.2) is 0 Å². The van der Waals surface area contributed by atoms with Crippen LogP contribution >= 0.6 is 0 Å². The molecule has 0 saturated carbocycles. The number of nitrogens with zero attached hydrogens (tertiary/aromatic N) is 3. The van der Waals surface area contributed by atoms with Crippen LogP contribution in [0.2, 0.25) is 0 Å². The molecule has 1 aromatic heterocycles. The maximum absolute atomic E-state index is 5.72. The number of aromatic nitrogens is 2. The van der Waals surface area contributed by atoms with E-state index in [-0.39, 0.29) is 6.04 Å². The Kier molecular flexibility index (Phi) is 8.51. The SMILES string of the molecule is CCCOCc1ccccc1CNC(=NC)NC(C)Cc1c(C)nn(C)c1C. The van der Waals surface area contributed by atoms with E-state index in [9.17, 15) is 0 Å². The highest BCUT2D eigenvalue weighted by Gasteiger charge is 2.14. The van der Waals surface area contributed by atoms with E-state index >= 15 is 0 Å². The van der Waals surface area contributed by atoms with Gasteiger partial charge in [0.05, 0.1) is 12.3 Å². The Morgan fingerprint density at radius 3 is 2.57 bits per heavy atom. The maximum atomic E-state index is 5.72. The van der Waals surface area contributed by atoms with Gasteiger partial charge in [-0.05, 0) is 50.3 Å². The van der Waals surface area contributed by atoms with Crippen molar-refractivity contribution in [2.75, 3.05) is 13.7 Å². The van der Waals surface area contributed by atoms with E-state index in [0.29, 0.717) is 13.2 Å². The number of rotatable bonds is 9. The van der Waals surface area contributed by atoms with Gasteiger partial charge < -0.3 is 15.4 Å². The molecule has 6 nitrogen and oxygen atoms in total. The molecule has 0 radical (unpaired) electrons. The highest BCUT2D eigenvalue weighted by atomic mass is 16.5. The summed E-state index contributed by atoms with van der Waals surface area (Å²) in [6.45, 7) is 10.6. The lowest BCUT2D eigenvalue weighted by atomic mass is 10.1. The van der Waals surface area contributed by atoms with E-state index in [1.807, 2.05) is 11.7 Å². The second-order valence-corrected chi connectivity index (χ2v) is 7.27. The van der Waals surface area contributed by atoms with Gasteiger partial charge in [0.2, 0.25) is 0 Å². The van der Waals surface area contributed by atoms with Crippen LogP contribution in [0.25, 0.3) is 0 Å². The number of nitrogens with one attached hydrogen (secondary N) is 2. The average Bonchev–Trinajstić information content (AvgIpc) is 2.92. The van der Waals surface area contributed by atoms with Gasteiger partial charge >= 0.3 is 0 Å². The summed E-state index contributed by atoms with van der Waals surface area (Å²) in [5.74, 6) is 0.802. The molecule has 0 fully saturated rings. The van der Waals surface area contributed by atoms with Gasteiger partial charge in [0.15, 0.2) is 5.96 Å². The Bertz CT molecular complexity index is 781. The summed E-state index contributed by atoms with van der Waals surface area (Å²) >= 11 is 0. The summed E-state index contributed by atoms with van der Waals surface area (Å²) in [6.07, 6.45) is 1.94. The third kappa shape index (κ3) is 6.09.